The van der Waals surface area contributed by atoms with Gasteiger partial charge in [0, 0.05) is 11.3 Å². The van der Waals surface area contributed by atoms with Crippen molar-refractivity contribution in [1.29, 1.82) is 0 Å². The van der Waals surface area contributed by atoms with Crippen molar-refractivity contribution in [2.45, 2.75) is 52.2 Å². The minimum absolute atomic E-state index is 0.0119. The molecular formula is C30H30FNO4. The Balaban J connectivity index is 1.87. The number of benzene rings is 3. The van der Waals surface area contributed by atoms with Crippen LogP contribution in [0.15, 0.2) is 78.4 Å². The molecule has 36 heavy (non-hydrogen) atoms. The van der Waals surface area contributed by atoms with E-state index in [4.69, 9.17) is 4.74 Å². The SMILES string of the molecule is CC(C)Oc1ccc(N2C(=O)C(=O)/C(=C(\O)c3ccc(F)cc3)C2c2ccc(C(C)(C)C)cc2)cc1. The van der Waals surface area contributed by atoms with Crippen LogP contribution >= 0.6 is 0 Å². The highest BCUT2D eigenvalue weighted by Gasteiger charge is 2.47. The minimum atomic E-state index is -0.860. The fourth-order valence-corrected chi connectivity index (χ4v) is 4.30. The van der Waals surface area contributed by atoms with Gasteiger partial charge in [0.15, 0.2) is 0 Å². The van der Waals surface area contributed by atoms with E-state index in [-0.39, 0.29) is 28.4 Å². The Bertz CT molecular complexity index is 1300. The predicted molar refractivity (Wildman–Crippen MR) is 139 cm³/mol. The third-order valence-corrected chi connectivity index (χ3v) is 6.14. The average Bonchev–Trinajstić information content (AvgIpc) is 3.09. The summed E-state index contributed by atoms with van der Waals surface area (Å²) in [5, 5.41) is 11.2. The molecule has 186 valence electrons. The second-order valence-corrected chi connectivity index (χ2v) is 10.2. The molecule has 1 unspecified atom stereocenters. The zero-order chi connectivity index (χ0) is 26.2. The lowest BCUT2D eigenvalue weighted by atomic mass is 9.85. The Morgan fingerprint density at radius 2 is 1.50 bits per heavy atom. The number of amides is 1. The Morgan fingerprint density at radius 3 is 2.03 bits per heavy atom. The van der Waals surface area contributed by atoms with E-state index in [2.05, 4.69) is 20.8 Å². The van der Waals surface area contributed by atoms with Gasteiger partial charge in [-0.2, -0.15) is 0 Å². The second kappa shape index (κ2) is 9.61. The number of aliphatic hydroxyl groups excluding tert-OH is 1. The molecule has 0 radical (unpaired) electrons. The average molecular weight is 488 g/mol. The molecule has 1 amide bonds. The molecule has 1 N–H and O–H groups in total. The molecule has 6 heteroatoms. The first-order valence-electron chi connectivity index (χ1n) is 11.9. The van der Waals surface area contributed by atoms with Crippen LogP contribution in [0.5, 0.6) is 5.75 Å². The van der Waals surface area contributed by atoms with Crippen LogP contribution < -0.4 is 9.64 Å². The Kier molecular flexibility index (Phi) is 6.72. The third-order valence-electron chi connectivity index (χ3n) is 6.14. The molecule has 1 saturated heterocycles. The molecule has 0 aromatic heterocycles. The molecule has 1 aliphatic heterocycles. The normalized spacial score (nSPS) is 17.6. The van der Waals surface area contributed by atoms with E-state index in [1.165, 1.54) is 29.2 Å². The molecule has 0 spiro atoms. The summed E-state index contributed by atoms with van der Waals surface area (Å²) < 4.78 is 19.2. The van der Waals surface area contributed by atoms with Crippen LogP contribution in [-0.2, 0) is 15.0 Å². The number of carbonyl (C=O) groups is 2. The van der Waals surface area contributed by atoms with Crippen LogP contribution in [0.25, 0.3) is 5.76 Å². The van der Waals surface area contributed by atoms with Crippen LogP contribution in [0, 0.1) is 5.82 Å². The summed E-state index contributed by atoms with van der Waals surface area (Å²) in [4.78, 5) is 28.0. The molecule has 3 aromatic carbocycles. The largest absolute Gasteiger partial charge is 0.507 e. The van der Waals surface area contributed by atoms with Crippen molar-refractivity contribution in [3.8, 4) is 5.75 Å². The predicted octanol–water partition coefficient (Wildman–Crippen LogP) is 6.54. The maximum Gasteiger partial charge on any atom is 0.300 e. The maximum atomic E-state index is 13.5. The summed E-state index contributed by atoms with van der Waals surface area (Å²) in [7, 11) is 0. The van der Waals surface area contributed by atoms with Crippen LogP contribution in [0.4, 0.5) is 10.1 Å². The number of anilines is 1. The van der Waals surface area contributed by atoms with Crippen molar-refractivity contribution in [3.05, 3.63) is 101 Å². The number of rotatable bonds is 5. The lowest BCUT2D eigenvalue weighted by Gasteiger charge is -2.27. The summed E-state index contributed by atoms with van der Waals surface area (Å²) in [5.74, 6) is -1.72. The lowest BCUT2D eigenvalue weighted by Crippen LogP contribution is -2.29. The zero-order valence-corrected chi connectivity index (χ0v) is 21.1. The van der Waals surface area contributed by atoms with Crippen LogP contribution in [0.3, 0.4) is 0 Å². The highest BCUT2D eigenvalue weighted by molar-refractivity contribution is 6.51. The molecule has 0 aliphatic carbocycles. The molecule has 1 heterocycles. The van der Waals surface area contributed by atoms with Crippen molar-refractivity contribution in [2.24, 2.45) is 0 Å². The van der Waals surface area contributed by atoms with Gasteiger partial charge in [0.1, 0.15) is 17.3 Å². The quantitative estimate of drug-likeness (QED) is 0.252. The zero-order valence-electron chi connectivity index (χ0n) is 21.1. The highest BCUT2D eigenvalue weighted by atomic mass is 19.1. The van der Waals surface area contributed by atoms with Crippen molar-refractivity contribution < 1.29 is 23.8 Å². The fourth-order valence-electron chi connectivity index (χ4n) is 4.30. The number of nitrogens with zero attached hydrogens (tertiary/aromatic N) is 1. The molecule has 1 atom stereocenters. The number of aliphatic hydroxyl groups is 1. The maximum absolute atomic E-state index is 13.5. The molecule has 4 rings (SSSR count). The summed E-state index contributed by atoms with van der Waals surface area (Å²) >= 11 is 0. The van der Waals surface area contributed by atoms with Gasteiger partial charge in [0.25, 0.3) is 11.7 Å². The second-order valence-electron chi connectivity index (χ2n) is 10.2. The van der Waals surface area contributed by atoms with Crippen molar-refractivity contribution in [3.63, 3.8) is 0 Å². The summed E-state index contributed by atoms with van der Waals surface area (Å²) in [6.07, 6.45) is -0.0119. The topological polar surface area (TPSA) is 66.8 Å². The number of Topliss-reactive ketones (excluding diaryl/α,β-unsaturated/α-hetero) is 1. The van der Waals surface area contributed by atoms with Gasteiger partial charge in [-0.3, -0.25) is 14.5 Å². The lowest BCUT2D eigenvalue weighted by molar-refractivity contribution is -0.132. The number of ether oxygens (including phenoxy) is 1. The summed E-state index contributed by atoms with van der Waals surface area (Å²) in [5.41, 5.74) is 2.39. The van der Waals surface area contributed by atoms with Crippen LogP contribution in [0.2, 0.25) is 0 Å². The first-order valence-corrected chi connectivity index (χ1v) is 11.9. The smallest absolute Gasteiger partial charge is 0.300 e. The molecular weight excluding hydrogens is 457 g/mol. The van der Waals surface area contributed by atoms with Crippen molar-refractivity contribution in [2.75, 3.05) is 4.90 Å². The van der Waals surface area contributed by atoms with Gasteiger partial charge in [-0.15, -0.1) is 0 Å². The Hall–Kier alpha value is -3.93. The van der Waals surface area contributed by atoms with Crippen molar-refractivity contribution >= 4 is 23.1 Å². The van der Waals surface area contributed by atoms with Gasteiger partial charge >= 0.3 is 0 Å². The van der Waals surface area contributed by atoms with Gasteiger partial charge in [-0.25, -0.2) is 4.39 Å². The summed E-state index contributed by atoms with van der Waals surface area (Å²) in [6, 6.07) is 18.9. The van der Waals surface area contributed by atoms with E-state index in [1.807, 2.05) is 38.1 Å². The van der Waals surface area contributed by atoms with E-state index < -0.39 is 23.5 Å². The molecule has 0 bridgehead atoms. The van der Waals surface area contributed by atoms with E-state index >= 15 is 0 Å². The first kappa shape index (κ1) is 25.2. The standard InChI is InChI=1S/C30H30FNO4/c1-18(2)36-24-16-14-23(15-17-24)32-26(19-6-10-21(11-7-19)30(3,4)5)25(28(34)29(32)35)27(33)20-8-12-22(31)13-9-20/h6-18,26,33H,1-5H3/b27-25-. The van der Waals surface area contributed by atoms with Gasteiger partial charge in [0.05, 0.1) is 17.7 Å². The highest BCUT2D eigenvalue weighted by Crippen LogP contribution is 2.43. The number of ketones is 1. The molecule has 0 saturated carbocycles. The Labute approximate surface area is 210 Å². The fraction of sp³-hybridized carbons (Fsp3) is 0.267. The minimum Gasteiger partial charge on any atom is -0.507 e. The van der Waals surface area contributed by atoms with Crippen LogP contribution in [0.1, 0.15) is 57.4 Å². The van der Waals surface area contributed by atoms with E-state index in [0.29, 0.717) is 17.0 Å². The van der Waals surface area contributed by atoms with Crippen molar-refractivity contribution in [1.82, 2.24) is 0 Å². The number of hydrogen-bond acceptors (Lipinski definition) is 4. The monoisotopic (exact) mass is 487 g/mol. The first-order chi connectivity index (χ1) is 17.0. The summed E-state index contributed by atoms with van der Waals surface area (Å²) in [6.45, 7) is 10.1. The third kappa shape index (κ3) is 4.89. The van der Waals surface area contributed by atoms with E-state index in [9.17, 15) is 19.1 Å². The van der Waals surface area contributed by atoms with Gasteiger partial charge in [-0.1, -0.05) is 45.0 Å². The van der Waals surface area contributed by atoms with E-state index in [1.54, 1.807) is 24.3 Å². The molecule has 3 aromatic rings. The van der Waals surface area contributed by atoms with E-state index in [0.717, 1.165) is 5.56 Å². The molecule has 5 nitrogen and oxygen atoms in total. The molecule has 1 aliphatic rings. The number of hydrogen-bond donors (Lipinski definition) is 1. The van der Waals surface area contributed by atoms with Gasteiger partial charge < -0.3 is 9.84 Å². The Morgan fingerprint density at radius 1 is 0.917 bits per heavy atom. The van der Waals surface area contributed by atoms with Gasteiger partial charge in [-0.05, 0) is 78.9 Å². The number of halogens is 1. The van der Waals surface area contributed by atoms with Crippen LogP contribution in [-0.4, -0.2) is 22.9 Å². The molecule has 1 fully saturated rings. The number of carbonyl (C=O) groups excluding carboxylic acids is 2. The van der Waals surface area contributed by atoms with Gasteiger partial charge in [0.2, 0.25) is 0 Å².